The van der Waals surface area contributed by atoms with Crippen molar-refractivity contribution in [2.75, 3.05) is 30.1 Å². The van der Waals surface area contributed by atoms with Gasteiger partial charge in [-0.3, -0.25) is 0 Å². The summed E-state index contributed by atoms with van der Waals surface area (Å²) < 4.78 is 25.1. The van der Waals surface area contributed by atoms with E-state index in [1.54, 1.807) is 0 Å². The minimum absolute atomic E-state index is 0.690. The van der Waals surface area contributed by atoms with E-state index in [-0.39, 0.29) is 0 Å². The van der Waals surface area contributed by atoms with Crippen LogP contribution in [-0.2, 0) is 0 Å². The molecule has 0 saturated heterocycles. The molecule has 0 N–H and O–H groups in total. The summed E-state index contributed by atoms with van der Waals surface area (Å²) in [5.41, 5.74) is 5.99. The standard InChI is InChI=1S/C51H56N2O4/c1-5-8-10-12-34-54-48-22-14-18-42(36-48)52(4)41-28-32-47(33-29-41)57-51-25-17-21-45(39-51)53(43-19-15-23-49(37-43)55-35-13-11-9-6-2)44-20-16-24-50(38-44)56-46-30-26-40(7-3)27-31-46/h7,14-33,36-39H,3,5-6,8-13,34-35H2,1-2,4H3. The summed E-state index contributed by atoms with van der Waals surface area (Å²) in [6, 6.07) is 48.9. The monoisotopic (exact) mass is 760 g/mol. The summed E-state index contributed by atoms with van der Waals surface area (Å²) in [5.74, 6) is 4.68. The van der Waals surface area contributed by atoms with Gasteiger partial charge in [-0.1, -0.05) is 101 Å². The van der Waals surface area contributed by atoms with Crippen LogP contribution in [0, 0.1) is 0 Å². The zero-order chi connectivity index (χ0) is 39.7. The largest absolute Gasteiger partial charge is 0.494 e. The predicted octanol–water partition coefficient (Wildman–Crippen LogP) is 15.1. The Labute approximate surface area is 339 Å². The zero-order valence-corrected chi connectivity index (χ0v) is 33.7. The number of anilines is 5. The van der Waals surface area contributed by atoms with Crippen LogP contribution in [0.5, 0.6) is 34.5 Å². The molecule has 0 aliphatic rings. The number of hydrogen-bond donors (Lipinski definition) is 0. The summed E-state index contributed by atoms with van der Waals surface area (Å²) in [6.07, 6.45) is 11.2. The highest BCUT2D eigenvalue weighted by atomic mass is 16.5. The number of nitrogens with zero attached hydrogens (tertiary/aromatic N) is 2. The van der Waals surface area contributed by atoms with Crippen molar-refractivity contribution in [1.29, 1.82) is 0 Å². The molecule has 57 heavy (non-hydrogen) atoms. The fourth-order valence-electron chi connectivity index (χ4n) is 6.58. The maximum atomic E-state index is 6.48. The van der Waals surface area contributed by atoms with Crippen molar-refractivity contribution in [1.82, 2.24) is 0 Å². The average molecular weight is 761 g/mol. The summed E-state index contributed by atoms with van der Waals surface area (Å²) >= 11 is 0. The highest BCUT2D eigenvalue weighted by Gasteiger charge is 2.16. The lowest BCUT2D eigenvalue weighted by Crippen LogP contribution is -2.10. The van der Waals surface area contributed by atoms with Gasteiger partial charge in [-0.25, -0.2) is 0 Å². The fourth-order valence-corrected chi connectivity index (χ4v) is 6.58. The van der Waals surface area contributed by atoms with E-state index in [1.807, 2.05) is 91.0 Å². The first-order valence-corrected chi connectivity index (χ1v) is 20.4. The molecule has 0 radical (unpaired) electrons. The molecule has 0 spiro atoms. The summed E-state index contributed by atoms with van der Waals surface area (Å²) in [7, 11) is 2.07. The van der Waals surface area contributed by atoms with E-state index in [0.29, 0.717) is 6.61 Å². The van der Waals surface area contributed by atoms with E-state index in [0.717, 1.165) is 87.9 Å². The molecule has 0 fully saturated rings. The molecule has 0 aromatic heterocycles. The van der Waals surface area contributed by atoms with Crippen molar-refractivity contribution in [3.05, 3.63) is 158 Å². The van der Waals surface area contributed by atoms with Crippen LogP contribution in [0.25, 0.3) is 6.08 Å². The molecular formula is C51H56N2O4. The first kappa shape index (κ1) is 40.5. The lowest BCUT2D eigenvalue weighted by molar-refractivity contribution is 0.305. The van der Waals surface area contributed by atoms with E-state index >= 15 is 0 Å². The smallest absolute Gasteiger partial charge is 0.129 e. The Bertz CT molecular complexity index is 2130. The molecule has 0 unspecified atom stereocenters. The van der Waals surface area contributed by atoms with Crippen molar-refractivity contribution in [3.63, 3.8) is 0 Å². The molecule has 6 aromatic carbocycles. The van der Waals surface area contributed by atoms with E-state index in [2.05, 4.69) is 97.9 Å². The van der Waals surface area contributed by atoms with E-state index in [1.165, 1.54) is 38.5 Å². The van der Waals surface area contributed by atoms with Crippen molar-refractivity contribution in [2.45, 2.75) is 65.2 Å². The fraction of sp³-hybridized carbons (Fsp3) is 0.255. The maximum Gasteiger partial charge on any atom is 0.129 e. The third-order valence-corrected chi connectivity index (χ3v) is 9.78. The van der Waals surface area contributed by atoms with Gasteiger partial charge in [0.25, 0.3) is 0 Å². The predicted molar refractivity (Wildman–Crippen MR) is 238 cm³/mol. The van der Waals surface area contributed by atoms with Crippen LogP contribution in [0.3, 0.4) is 0 Å². The van der Waals surface area contributed by atoms with Gasteiger partial charge in [0.05, 0.1) is 13.2 Å². The normalized spacial score (nSPS) is 10.8. The lowest BCUT2D eigenvalue weighted by Gasteiger charge is -2.26. The molecule has 0 aliphatic carbocycles. The molecule has 6 rings (SSSR count). The molecule has 294 valence electrons. The highest BCUT2D eigenvalue weighted by molar-refractivity contribution is 5.78. The molecule has 0 bridgehead atoms. The van der Waals surface area contributed by atoms with Crippen molar-refractivity contribution in [3.8, 4) is 34.5 Å². The highest BCUT2D eigenvalue weighted by Crippen LogP contribution is 2.40. The van der Waals surface area contributed by atoms with Gasteiger partial charge in [0.1, 0.15) is 34.5 Å². The third kappa shape index (κ3) is 11.9. The number of ether oxygens (including phenoxy) is 4. The maximum absolute atomic E-state index is 6.48. The molecule has 6 nitrogen and oxygen atoms in total. The topological polar surface area (TPSA) is 43.4 Å². The Kier molecular flexibility index (Phi) is 15.1. The van der Waals surface area contributed by atoms with Gasteiger partial charge >= 0.3 is 0 Å². The van der Waals surface area contributed by atoms with Crippen molar-refractivity contribution in [2.24, 2.45) is 0 Å². The van der Waals surface area contributed by atoms with Gasteiger partial charge in [0.2, 0.25) is 0 Å². The minimum Gasteiger partial charge on any atom is -0.494 e. The summed E-state index contributed by atoms with van der Waals surface area (Å²) in [4.78, 5) is 4.36. The average Bonchev–Trinajstić information content (AvgIpc) is 3.24. The Morgan fingerprint density at radius 2 is 0.860 bits per heavy atom. The molecule has 0 saturated carbocycles. The van der Waals surface area contributed by atoms with E-state index in [4.69, 9.17) is 18.9 Å². The van der Waals surface area contributed by atoms with Crippen LogP contribution < -0.4 is 28.7 Å². The second-order valence-corrected chi connectivity index (χ2v) is 14.2. The number of unbranched alkanes of at least 4 members (excludes halogenated alkanes) is 6. The van der Waals surface area contributed by atoms with Crippen molar-refractivity contribution < 1.29 is 18.9 Å². The summed E-state index contributed by atoms with van der Waals surface area (Å²) in [6.45, 7) is 9.74. The SMILES string of the molecule is C=Cc1ccc(Oc2cccc(N(c3cccc(OCCCCCC)c3)c3cccc(Oc4ccc(N(C)c5cccc(OCCCCCC)c5)cc4)c3)c2)cc1. The molecule has 6 aromatic rings. The molecular weight excluding hydrogens is 705 g/mol. The Morgan fingerprint density at radius 1 is 0.439 bits per heavy atom. The first-order valence-electron chi connectivity index (χ1n) is 20.4. The molecule has 6 heteroatoms. The first-order chi connectivity index (χ1) is 28.0. The second-order valence-electron chi connectivity index (χ2n) is 14.2. The van der Waals surface area contributed by atoms with Gasteiger partial charge in [-0.05, 0) is 103 Å². The lowest BCUT2D eigenvalue weighted by atomic mass is 10.1. The van der Waals surface area contributed by atoms with Crippen LogP contribution in [0.15, 0.2) is 152 Å². The van der Waals surface area contributed by atoms with Gasteiger partial charge in [0.15, 0.2) is 0 Å². The summed E-state index contributed by atoms with van der Waals surface area (Å²) in [5, 5.41) is 0. The number of hydrogen-bond acceptors (Lipinski definition) is 6. The van der Waals surface area contributed by atoms with Gasteiger partial charge in [0, 0.05) is 59.8 Å². The van der Waals surface area contributed by atoms with Crippen LogP contribution in [0.1, 0.15) is 70.8 Å². The van der Waals surface area contributed by atoms with Gasteiger partial charge < -0.3 is 28.7 Å². The third-order valence-electron chi connectivity index (χ3n) is 9.78. The molecule has 0 aliphatic heterocycles. The van der Waals surface area contributed by atoms with Gasteiger partial charge in [-0.2, -0.15) is 0 Å². The second kappa shape index (κ2) is 21.2. The van der Waals surface area contributed by atoms with Gasteiger partial charge in [-0.15, -0.1) is 0 Å². The van der Waals surface area contributed by atoms with Crippen LogP contribution in [-0.4, -0.2) is 20.3 Å². The number of benzene rings is 6. The van der Waals surface area contributed by atoms with E-state index < -0.39 is 0 Å². The van der Waals surface area contributed by atoms with Crippen LogP contribution in [0.4, 0.5) is 28.4 Å². The number of rotatable bonds is 22. The Balaban J connectivity index is 1.21. The Hall–Kier alpha value is -6.14. The van der Waals surface area contributed by atoms with Crippen LogP contribution in [0.2, 0.25) is 0 Å². The van der Waals surface area contributed by atoms with Crippen LogP contribution >= 0.6 is 0 Å². The zero-order valence-electron chi connectivity index (χ0n) is 33.7. The van der Waals surface area contributed by atoms with Crippen molar-refractivity contribution >= 4 is 34.5 Å². The molecule has 0 amide bonds. The minimum atomic E-state index is 0.690. The molecule has 0 atom stereocenters. The quantitative estimate of drug-likeness (QED) is 0.0642. The molecule has 0 heterocycles. The Morgan fingerprint density at radius 3 is 1.33 bits per heavy atom. The van der Waals surface area contributed by atoms with E-state index in [9.17, 15) is 0 Å².